The highest BCUT2D eigenvalue weighted by Crippen LogP contribution is 2.11. The number of amides is 1. The van der Waals surface area contributed by atoms with Gasteiger partial charge in [0.05, 0.1) is 5.54 Å². The van der Waals surface area contributed by atoms with Gasteiger partial charge in [0.25, 0.3) is 0 Å². The Labute approximate surface area is 106 Å². The van der Waals surface area contributed by atoms with Crippen molar-refractivity contribution in [3.05, 3.63) is 0 Å². The van der Waals surface area contributed by atoms with Crippen molar-refractivity contribution in [1.29, 1.82) is 0 Å². The zero-order valence-corrected chi connectivity index (χ0v) is 11.8. The van der Waals surface area contributed by atoms with Crippen molar-refractivity contribution in [3.8, 4) is 0 Å². The SMILES string of the molecule is CCN(CCCCC(C)(N)C(N)=O)CC(C)C. The first-order valence-corrected chi connectivity index (χ1v) is 6.60. The molecule has 0 aliphatic carbocycles. The summed E-state index contributed by atoms with van der Waals surface area (Å²) < 4.78 is 0. The lowest BCUT2D eigenvalue weighted by molar-refractivity contribution is -0.122. The Morgan fingerprint density at radius 1 is 1.35 bits per heavy atom. The van der Waals surface area contributed by atoms with Gasteiger partial charge >= 0.3 is 0 Å². The third kappa shape index (κ3) is 7.34. The number of rotatable bonds is 9. The van der Waals surface area contributed by atoms with E-state index in [0.29, 0.717) is 12.3 Å². The molecule has 0 bridgehead atoms. The van der Waals surface area contributed by atoms with E-state index >= 15 is 0 Å². The third-order valence-corrected chi connectivity index (χ3v) is 3.05. The largest absolute Gasteiger partial charge is 0.368 e. The van der Waals surface area contributed by atoms with Crippen LogP contribution in [-0.4, -0.2) is 36.0 Å². The maximum atomic E-state index is 11.0. The second kappa shape index (κ2) is 7.67. The highest BCUT2D eigenvalue weighted by Gasteiger charge is 2.24. The lowest BCUT2D eigenvalue weighted by Crippen LogP contribution is -2.49. The van der Waals surface area contributed by atoms with Crippen molar-refractivity contribution in [2.24, 2.45) is 17.4 Å². The molecule has 0 spiro atoms. The van der Waals surface area contributed by atoms with Crippen LogP contribution < -0.4 is 11.5 Å². The van der Waals surface area contributed by atoms with Crippen LogP contribution in [0.4, 0.5) is 0 Å². The molecule has 0 aliphatic rings. The smallest absolute Gasteiger partial charge is 0.237 e. The first kappa shape index (κ1) is 16.4. The van der Waals surface area contributed by atoms with E-state index in [1.165, 1.54) is 0 Å². The molecule has 4 nitrogen and oxygen atoms in total. The second-order valence-electron chi connectivity index (χ2n) is 5.53. The minimum Gasteiger partial charge on any atom is -0.368 e. The predicted octanol–water partition coefficient (Wildman–Crippen LogP) is 1.34. The summed E-state index contributed by atoms with van der Waals surface area (Å²) in [6.07, 6.45) is 2.69. The average molecular weight is 243 g/mol. The standard InChI is InChI=1S/C13H29N3O/c1-5-16(10-11(2)3)9-7-6-8-13(4,15)12(14)17/h11H,5-10,15H2,1-4H3,(H2,14,17). The quantitative estimate of drug-likeness (QED) is 0.600. The van der Waals surface area contributed by atoms with E-state index in [4.69, 9.17) is 11.5 Å². The molecule has 0 fully saturated rings. The van der Waals surface area contributed by atoms with E-state index in [2.05, 4.69) is 25.7 Å². The van der Waals surface area contributed by atoms with Crippen molar-refractivity contribution in [3.63, 3.8) is 0 Å². The van der Waals surface area contributed by atoms with Crippen molar-refractivity contribution >= 4 is 5.91 Å². The maximum absolute atomic E-state index is 11.0. The molecule has 17 heavy (non-hydrogen) atoms. The van der Waals surface area contributed by atoms with Gasteiger partial charge in [0.2, 0.25) is 5.91 Å². The first-order valence-electron chi connectivity index (χ1n) is 6.60. The van der Waals surface area contributed by atoms with Crippen molar-refractivity contribution in [2.45, 2.75) is 52.5 Å². The van der Waals surface area contributed by atoms with Gasteiger partial charge in [-0.15, -0.1) is 0 Å². The number of hydrogen-bond acceptors (Lipinski definition) is 3. The molecular weight excluding hydrogens is 214 g/mol. The van der Waals surface area contributed by atoms with Gasteiger partial charge in [-0.3, -0.25) is 4.79 Å². The molecule has 0 saturated carbocycles. The summed E-state index contributed by atoms with van der Waals surface area (Å²) in [6, 6.07) is 0. The van der Waals surface area contributed by atoms with Crippen LogP contribution in [0.15, 0.2) is 0 Å². The highest BCUT2D eigenvalue weighted by atomic mass is 16.1. The van der Waals surface area contributed by atoms with Crippen molar-refractivity contribution in [1.82, 2.24) is 4.90 Å². The van der Waals surface area contributed by atoms with Gasteiger partial charge in [0.1, 0.15) is 0 Å². The summed E-state index contributed by atoms with van der Waals surface area (Å²) in [5.41, 5.74) is 10.2. The molecule has 1 atom stereocenters. The highest BCUT2D eigenvalue weighted by molar-refractivity contribution is 5.83. The Balaban J connectivity index is 3.79. The van der Waals surface area contributed by atoms with E-state index in [1.54, 1.807) is 6.92 Å². The van der Waals surface area contributed by atoms with Crippen molar-refractivity contribution < 1.29 is 4.79 Å². The molecule has 0 saturated heterocycles. The summed E-state index contributed by atoms with van der Waals surface area (Å²) in [4.78, 5) is 13.5. The van der Waals surface area contributed by atoms with Gasteiger partial charge in [0.15, 0.2) is 0 Å². The molecule has 0 radical (unpaired) electrons. The molecular formula is C13H29N3O. The first-order chi connectivity index (χ1) is 7.79. The second-order valence-corrected chi connectivity index (χ2v) is 5.53. The fraction of sp³-hybridized carbons (Fsp3) is 0.923. The Hall–Kier alpha value is -0.610. The molecule has 0 aromatic rings. The van der Waals surface area contributed by atoms with Crippen LogP contribution in [0.3, 0.4) is 0 Å². The van der Waals surface area contributed by atoms with E-state index in [0.717, 1.165) is 32.5 Å². The molecule has 0 aromatic carbocycles. The van der Waals surface area contributed by atoms with Gasteiger partial charge in [-0.1, -0.05) is 20.8 Å². The van der Waals surface area contributed by atoms with Crippen LogP contribution in [0.25, 0.3) is 0 Å². The maximum Gasteiger partial charge on any atom is 0.237 e. The van der Waals surface area contributed by atoms with Crippen LogP contribution in [0.5, 0.6) is 0 Å². The minimum absolute atomic E-state index is 0.410. The molecule has 0 heterocycles. The summed E-state index contributed by atoms with van der Waals surface area (Å²) in [6.45, 7) is 11.6. The molecule has 4 heteroatoms. The molecule has 4 N–H and O–H groups in total. The fourth-order valence-corrected chi connectivity index (χ4v) is 1.85. The van der Waals surface area contributed by atoms with E-state index in [9.17, 15) is 4.79 Å². The summed E-state index contributed by atoms with van der Waals surface area (Å²) in [5, 5.41) is 0. The Kier molecular flexibility index (Phi) is 7.39. The van der Waals surface area contributed by atoms with Crippen LogP contribution in [-0.2, 0) is 4.79 Å². The monoisotopic (exact) mass is 243 g/mol. The number of unbranched alkanes of at least 4 members (excludes halogenated alkanes) is 1. The van der Waals surface area contributed by atoms with E-state index in [-0.39, 0.29) is 0 Å². The number of carbonyl (C=O) groups is 1. The summed E-state index contributed by atoms with van der Waals surface area (Å²) >= 11 is 0. The van der Waals surface area contributed by atoms with Crippen LogP contribution in [0.2, 0.25) is 0 Å². The van der Waals surface area contributed by atoms with Crippen LogP contribution >= 0.6 is 0 Å². The Morgan fingerprint density at radius 3 is 2.35 bits per heavy atom. The summed E-state index contributed by atoms with van der Waals surface area (Å²) in [5.74, 6) is 0.285. The number of nitrogens with zero attached hydrogens (tertiary/aromatic N) is 1. The Bertz CT molecular complexity index is 227. The van der Waals surface area contributed by atoms with Crippen molar-refractivity contribution in [2.75, 3.05) is 19.6 Å². The zero-order chi connectivity index (χ0) is 13.5. The normalized spacial score (nSPS) is 15.2. The number of nitrogens with two attached hydrogens (primary N) is 2. The van der Waals surface area contributed by atoms with Gasteiger partial charge < -0.3 is 16.4 Å². The average Bonchev–Trinajstić information content (AvgIpc) is 2.21. The lowest BCUT2D eigenvalue weighted by atomic mass is 9.95. The third-order valence-electron chi connectivity index (χ3n) is 3.05. The lowest BCUT2D eigenvalue weighted by Gasteiger charge is -2.24. The topological polar surface area (TPSA) is 72.3 Å². The summed E-state index contributed by atoms with van der Waals surface area (Å²) in [7, 11) is 0. The van der Waals surface area contributed by atoms with Gasteiger partial charge in [0, 0.05) is 6.54 Å². The molecule has 102 valence electrons. The molecule has 1 unspecified atom stereocenters. The molecule has 1 amide bonds. The van der Waals surface area contributed by atoms with Gasteiger partial charge in [-0.05, 0) is 45.2 Å². The molecule has 0 rings (SSSR count). The number of carbonyl (C=O) groups excluding carboxylic acids is 1. The molecule has 0 aliphatic heterocycles. The van der Waals surface area contributed by atoms with Crippen LogP contribution in [0.1, 0.15) is 47.0 Å². The van der Waals surface area contributed by atoms with Crippen LogP contribution in [0, 0.1) is 5.92 Å². The van der Waals surface area contributed by atoms with E-state index in [1.807, 2.05) is 0 Å². The van der Waals surface area contributed by atoms with Gasteiger partial charge in [-0.2, -0.15) is 0 Å². The minimum atomic E-state index is -0.852. The number of primary amides is 1. The fourth-order valence-electron chi connectivity index (χ4n) is 1.85. The van der Waals surface area contributed by atoms with E-state index < -0.39 is 11.4 Å². The van der Waals surface area contributed by atoms with Gasteiger partial charge in [-0.25, -0.2) is 0 Å². The molecule has 0 aromatic heterocycles. The number of hydrogen-bond donors (Lipinski definition) is 2. The zero-order valence-electron chi connectivity index (χ0n) is 11.8. The predicted molar refractivity (Wildman–Crippen MR) is 72.6 cm³/mol. The Morgan fingerprint density at radius 2 is 1.94 bits per heavy atom.